The third-order valence-electron chi connectivity index (χ3n) is 5.02. The molecule has 4 nitrogen and oxygen atoms in total. The minimum Gasteiger partial charge on any atom is -0.339 e. The van der Waals surface area contributed by atoms with Crippen LogP contribution in [-0.4, -0.2) is 21.0 Å². The Kier molecular flexibility index (Phi) is 15.3. The number of rotatable bonds is 15. The van der Waals surface area contributed by atoms with Gasteiger partial charge in [-0.1, -0.05) is 106 Å². The lowest BCUT2D eigenvalue weighted by molar-refractivity contribution is -0.122. The summed E-state index contributed by atoms with van der Waals surface area (Å²) in [6.07, 6.45) is 12.7. The van der Waals surface area contributed by atoms with Crippen LogP contribution in [0.1, 0.15) is 84.0 Å². The summed E-state index contributed by atoms with van der Waals surface area (Å²) in [7, 11) is 0. The van der Waals surface area contributed by atoms with Crippen molar-refractivity contribution in [2.24, 2.45) is 0 Å². The molecule has 0 heterocycles. The molecule has 1 amide bonds. The Bertz CT molecular complexity index is 671. The molecule has 0 bridgehead atoms. The molecule has 0 aliphatic heterocycles. The minimum absolute atomic E-state index is 0.142. The van der Waals surface area contributed by atoms with E-state index < -0.39 is 9.96 Å². The molecular formula is C23H35Cl3FN3OS. The number of anilines is 1. The number of hydrogen-bond donors (Lipinski definition) is 3. The lowest BCUT2D eigenvalue weighted by Gasteiger charge is -2.27. The monoisotopic (exact) mass is 525 g/mol. The molecule has 0 saturated heterocycles. The molecule has 1 aromatic rings. The van der Waals surface area contributed by atoms with Crippen molar-refractivity contribution < 1.29 is 9.18 Å². The first-order valence-corrected chi connectivity index (χ1v) is 13.0. The van der Waals surface area contributed by atoms with E-state index in [1.807, 2.05) is 0 Å². The van der Waals surface area contributed by atoms with Crippen LogP contribution in [0, 0.1) is 5.82 Å². The van der Waals surface area contributed by atoms with Gasteiger partial charge in [0.25, 0.3) is 0 Å². The topological polar surface area (TPSA) is 53.2 Å². The fraction of sp³-hybridized carbons (Fsp3) is 0.652. The van der Waals surface area contributed by atoms with Gasteiger partial charge in [0.1, 0.15) is 12.0 Å². The Morgan fingerprint density at radius 3 is 1.91 bits per heavy atom. The molecule has 1 aromatic carbocycles. The summed E-state index contributed by atoms with van der Waals surface area (Å²) in [6, 6.07) is 5.65. The molecular weight excluding hydrogens is 492 g/mol. The number of thiocarbonyl (C=S) groups is 1. The van der Waals surface area contributed by atoms with Crippen molar-refractivity contribution in [1.82, 2.24) is 10.6 Å². The maximum Gasteiger partial charge on any atom is 0.228 e. The lowest BCUT2D eigenvalue weighted by atomic mass is 10.1. The Morgan fingerprint density at radius 2 is 1.41 bits per heavy atom. The molecule has 0 saturated carbocycles. The predicted octanol–water partition coefficient (Wildman–Crippen LogP) is 7.63. The van der Waals surface area contributed by atoms with Crippen LogP contribution in [0.3, 0.4) is 0 Å². The van der Waals surface area contributed by atoms with Crippen molar-refractivity contribution in [2.75, 3.05) is 5.32 Å². The van der Waals surface area contributed by atoms with Crippen molar-refractivity contribution >= 4 is 63.7 Å². The second-order valence-electron chi connectivity index (χ2n) is 7.93. The van der Waals surface area contributed by atoms with E-state index in [4.69, 9.17) is 47.0 Å². The molecule has 0 fully saturated rings. The molecule has 1 rings (SSSR count). The van der Waals surface area contributed by atoms with Gasteiger partial charge in [-0.3, -0.25) is 4.79 Å². The van der Waals surface area contributed by atoms with E-state index in [0.717, 1.165) is 19.3 Å². The van der Waals surface area contributed by atoms with E-state index in [2.05, 4.69) is 22.9 Å². The number of carbonyl (C=O) groups is 1. The number of unbranched alkanes of at least 4 members (excludes halogenated alkanes) is 10. The van der Waals surface area contributed by atoms with E-state index in [9.17, 15) is 9.18 Å². The van der Waals surface area contributed by atoms with Crippen LogP contribution in [-0.2, 0) is 4.79 Å². The average molecular weight is 527 g/mol. The quantitative estimate of drug-likeness (QED) is 0.0952. The van der Waals surface area contributed by atoms with Crippen molar-refractivity contribution in [1.29, 1.82) is 0 Å². The van der Waals surface area contributed by atoms with Gasteiger partial charge in [-0.2, -0.15) is 0 Å². The molecule has 1 unspecified atom stereocenters. The van der Waals surface area contributed by atoms with Crippen molar-refractivity contribution in [2.45, 2.75) is 93.9 Å². The summed E-state index contributed by atoms with van der Waals surface area (Å²) in [5, 5.41) is 8.48. The molecule has 9 heteroatoms. The average Bonchev–Trinajstić information content (AvgIpc) is 2.72. The van der Waals surface area contributed by atoms with Crippen LogP contribution in [0.5, 0.6) is 0 Å². The highest BCUT2D eigenvalue weighted by atomic mass is 35.6. The van der Waals surface area contributed by atoms with Gasteiger partial charge in [-0.05, 0) is 42.9 Å². The first-order chi connectivity index (χ1) is 15.2. The van der Waals surface area contributed by atoms with Crippen molar-refractivity contribution in [3.05, 3.63) is 30.1 Å². The summed E-state index contributed by atoms with van der Waals surface area (Å²) in [5.41, 5.74) is 0.569. The van der Waals surface area contributed by atoms with Crippen LogP contribution in [0.2, 0.25) is 0 Å². The van der Waals surface area contributed by atoms with Gasteiger partial charge in [-0.15, -0.1) is 0 Å². The van der Waals surface area contributed by atoms with Gasteiger partial charge >= 0.3 is 0 Å². The van der Waals surface area contributed by atoms with Crippen LogP contribution in [0.4, 0.5) is 10.1 Å². The first-order valence-electron chi connectivity index (χ1n) is 11.4. The van der Waals surface area contributed by atoms with Crippen LogP contribution in [0.15, 0.2) is 24.3 Å². The Morgan fingerprint density at radius 1 is 0.906 bits per heavy atom. The van der Waals surface area contributed by atoms with Crippen LogP contribution in [0.25, 0.3) is 0 Å². The highest BCUT2D eigenvalue weighted by Crippen LogP contribution is 2.29. The molecule has 0 aliphatic carbocycles. The molecule has 0 aromatic heterocycles. The smallest absolute Gasteiger partial charge is 0.228 e. The summed E-state index contributed by atoms with van der Waals surface area (Å²) in [6.45, 7) is 2.23. The Labute approximate surface area is 212 Å². The van der Waals surface area contributed by atoms with E-state index in [-0.39, 0.29) is 16.8 Å². The van der Waals surface area contributed by atoms with Gasteiger partial charge in [0.05, 0.1) is 0 Å². The van der Waals surface area contributed by atoms with Gasteiger partial charge in [-0.25, -0.2) is 4.39 Å². The first kappa shape index (κ1) is 29.2. The molecule has 0 spiro atoms. The standard InChI is InChI=1S/C23H35Cl3FN3OS/c1-2-3-4-5-6-7-8-9-10-11-12-13-20(31)29-21(23(24,25)26)30-22(32)28-19-16-14-18(27)15-17-19/h14-17,21H,2-13H2,1H3,(H,29,31)(H2,28,30,32). The minimum atomic E-state index is -1.80. The van der Waals surface area contributed by atoms with E-state index in [1.54, 1.807) is 0 Å². The van der Waals surface area contributed by atoms with Gasteiger partial charge in [0, 0.05) is 12.1 Å². The normalized spacial score (nSPS) is 12.3. The van der Waals surface area contributed by atoms with Gasteiger partial charge < -0.3 is 16.0 Å². The zero-order valence-electron chi connectivity index (χ0n) is 18.7. The number of benzene rings is 1. The summed E-state index contributed by atoms with van der Waals surface area (Å²) >= 11 is 23.2. The summed E-state index contributed by atoms with van der Waals surface area (Å²) < 4.78 is 11.2. The second kappa shape index (κ2) is 16.7. The third-order valence-corrected chi connectivity index (χ3v) is 5.89. The number of carbonyl (C=O) groups excluding carboxylic acids is 1. The van der Waals surface area contributed by atoms with Crippen molar-refractivity contribution in [3.63, 3.8) is 0 Å². The zero-order valence-corrected chi connectivity index (χ0v) is 21.8. The van der Waals surface area contributed by atoms with E-state index >= 15 is 0 Å². The van der Waals surface area contributed by atoms with E-state index in [0.29, 0.717) is 12.1 Å². The fourth-order valence-corrected chi connectivity index (χ4v) is 3.78. The van der Waals surface area contributed by atoms with Gasteiger partial charge in [0.2, 0.25) is 9.70 Å². The second-order valence-corrected chi connectivity index (χ2v) is 10.7. The largest absolute Gasteiger partial charge is 0.339 e. The molecule has 3 N–H and O–H groups in total. The molecule has 1 atom stereocenters. The zero-order chi connectivity index (χ0) is 23.8. The van der Waals surface area contributed by atoms with E-state index in [1.165, 1.54) is 75.6 Å². The number of nitrogens with one attached hydrogen (secondary N) is 3. The number of alkyl halides is 3. The number of halogens is 4. The molecule has 0 radical (unpaired) electrons. The third kappa shape index (κ3) is 14.4. The Hall–Kier alpha value is -0.820. The number of amides is 1. The summed E-state index contributed by atoms with van der Waals surface area (Å²) in [5.74, 6) is -0.572. The highest BCUT2D eigenvalue weighted by molar-refractivity contribution is 7.80. The predicted molar refractivity (Wildman–Crippen MR) is 139 cm³/mol. The summed E-state index contributed by atoms with van der Waals surface area (Å²) in [4.78, 5) is 12.3. The maximum absolute atomic E-state index is 13.0. The van der Waals surface area contributed by atoms with Gasteiger partial charge in [0.15, 0.2) is 5.11 Å². The highest BCUT2D eigenvalue weighted by Gasteiger charge is 2.34. The number of hydrogen-bond acceptors (Lipinski definition) is 2. The lowest BCUT2D eigenvalue weighted by Crippen LogP contribution is -2.56. The SMILES string of the molecule is CCCCCCCCCCCCCC(=O)NC(NC(=S)Nc1ccc(F)cc1)C(Cl)(Cl)Cl. The molecule has 32 heavy (non-hydrogen) atoms. The van der Waals surface area contributed by atoms with Crippen LogP contribution < -0.4 is 16.0 Å². The van der Waals surface area contributed by atoms with Crippen LogP contribution >= 0.6 is 47.0 Å². The van der Waals surface area contributed by atoms with Crippen molar-refractivity contribution in [3.8, 4) is 0 Å². The molecule has 182 valence electrons. The molecule has 0 aliphatic rings. The Balaban J connectivity index is 2.25. The maximum atomic E-state index is 13.0. The fourth-order valence-electron chi connectivity index (χ4n) is 3.21.